The third-order valence-electron chi connectivity index (χ3n) is 10.6. The van der Waals surface area contributed by atoms with Gasteiger partial charge in [0.25, 0.3) is 0 Å². The molecule has 11 aromatic rings. The summed E-state index contributed by atoms with van der Waals surface area (Å²) < 4.78 is 2.31. The molecule has 0 amide bonds. The number of aromatic nitrogens is 3. The summed E-state index contributed by atoms with van der Waals surface area (Å²) in [5.41, 5.74) is 6.12. The summed E-state index contributed by atoms with van der Waals surface area (Å²) in [6, 6.07) is 63.0. The minimum atomic E-state index is 0.652. The van der Waals surface area contributed by atoms with Crippen LogP contribution in [0.15, 0.2) is 176 Å². The van der Waals surface area contributed by atoms with E-state index in [1.165, 1.54) is 64.6 Å². The summed E-state index contributed by atoms with van der Waals surface area (Å²) in [5.74, 6) is 0.652. The van der Waals surface area contributed by atoms with E-state index in [1.807, 2.05) is 0 Å². The van der Waals surface area contributed by atoms with Gasteiger partial charge in [-0.25, -0.2) is 9.97 Å². The topological polar surface area (TPSA) is 30.7 Å². The van der Waals surface area contributed by atoms with Crippen LogP contribution in [-0.2, 0) is 0 Å². The third-order valence-corrected chi connectivity index (χ3v) is 10.6. The lowest BCUT2D eigenvalue weighted by Crippen LogP contribution is -2.04. The van der Waals surface area contributed by atoms with Crippen LogP contribution in [0.1, 0.15) is 0 Å². The fourth-order valence-corrected chi connectivity index (χ4v) is 8.34. The Morgan fingerprint density at radius 1 is 0.353 bits per heavy atom. The lowest BCUT2D eigenvalue weighted by molar-refractivity contribution is 0.999. The molecule has 236 valence electrons. The van der Waals surface area contributed by atoms with Gasteiger partial charge in [0.05, 0.1) is 22.4 Å². The van der Waals surface area contributed by atoms with E-state index in [0.717, 1.165) is 33.5 Å². The molecule has 0 atom stereocenters. The van der Waals surface area contributed by atoms with Gasteiger partial charge in [0, 0.05) is 32.7 Å². The average Bonchev–Trinajstić information content (AvgIpc) is 3.56. The highest BCUT2D eigenvalue weighted by Gasteiger charge is 2.23. The van der Waals surface area contributed by atoms with Gasteiger partial charge in [0.2, 0.25) is 5.95 Å². The van der Waals surface area contributed by atoms with Crippen molar-refractivity contribution < 1.29 is 0 Å². The van der Waals surface area contributed by atoms with E-state index in [4.69, 9.17) is 9.97 Å². The molecule has 0 spiro atoms. The van der Waals surface area contributed by atoms with E-state index >= 15 is 0 Å². The van der Waals surface area contributed by atoms with E-state index in [0.29, 0.717) is 5.95 Å². The van der Waals surface area contributed by atoms with Crippen LogP contribution in [0.2, 0.25) is 0 Å². The zero-order valence-electron chi connectivity index (χ0n) is 27.6. The summed E-state index contributed by atoms with van der Waals surface area (Å²) in [6.07, 6.45) is 0. The van der Waals surface area contributed by atoms with Crippen molar-refractivity contribution >= 4 is 75.7 Å². The quantitative estimate of drug-likeness (QED) is 0.179. The van der Waals surface area contributed by atoms with Crippen molar-refractivity contribution in [2.24, 2.45) is 0 Å². The van der Waals surface area contributed by atoms with E-state index in [-0.39, 0.29) is 0 Å². The Kier molecular flexibility index (Phi) is 5.96. The molecule has 0 saturated carbocycles. The second-order valence-corrected chi connectivity index (χ2v) is 13.3. The Hall–Kier alpha value is -6.84. The predicted molar refractivity (Wildman–Crippen MR) is 215 cm³/mol. The van der Waals surface area contributed by atoms with Crippen molar-refractivity contribution in [3.8, 4) is 28.5 Å². The lowest BCUT2D eigenvalue weighted by Gasteiger charge is -2.15. The van der Waals surface area contributed by atoms with E-state index < -0.39 is 0 Å². The Bertz CT molecular complexity index is 3190. The number of nitrogens with zero attached hydrogens (tertiary/aromatic N) is 3. The van der Waals surface area contributed by atoms with Crippen molar-refractivity contribution in [1.29, 1.82) is 0 Å². The molecule has 0 aliphatic heterocycles. The molecular formula is C48H29N3. The molecule has 0 radical (unpaired) electrons. The SMILES string of the molecule is c1ccc(-c2cc(-c3cc4ccccc4c4ccccc34)nc(-n3c4ccccc4c4c5c6ccccc6ccc5c5ccccc5c43)n2)cc1. The van der Waals surface area contributed by atoms with Gasteiger partial charge in [-0.2, -0.15) is 0 Å². The first-order chi connectivity index (χ1) is 25.3. The zero-order chi connectivity index (χ0) is 33.5. The number of hydrogen-bond acceptors (Lipinski definition) is 2. The maximum Gasteiger partial charge on any atom is 0.235 e. The molecule has 0 aliphatic rings. The highest BCUT2D eigenvalue weighted by Crippen LogP contribution is 2.45. The molecule has 2 aromatic heterocycles. The molecule has 0 fully saturated rings. The first-order valence-corrected chi connectivity index (χ1v) is 17.4. The van der Waals surface area contributed by atoms with Gasteiger partial charge in [-0.3, -0.25) is 4.57 Å². The molecule has 0 N–H and O–H groups in total. The zero-order valence-corrected chi connectivity index (χ0v) is 27.6. The number of rotatable bonds is 3. The maximum atomic E-state index is 5.53. The van der Waals surface area contributed by atoms with Crippen LogP contribution >= 0.6 is 0 Å². The molecule has 9 aromatic carbocycles. The first-order valence-electron chi connectivity index (χ1n) is 17.4. The molecule has 51 heavy (non-hydrogen) atoms. The minimum Gasteiger partial charge on any atom is -0.277 e. The molecule has 0 saturated heterocycles. The van der Waals surface area contributed by atoms with Gasteiger partial charge in [0.1, 0.15) is 0 Å². The molecule has 0 bridgehead atoms. The van der Waals surface area contributed by atoms with Gasteiger partial charge in [0.15, 0.2) is 0 Å². The van der Waals surface area contributed by atoms with Crippen molar-refractivity contribution in [2.45, 2.75) is 0 Å². The predicted octanol–water partition coefficient (Wildman–Crippen LogP) is 12.7. The van der Waals surface area contributed by atoms with Crippen LogP contribution in [0, 0.1) is 0 Å². The van der Waals surface area contributed by atoms with E-state index in [2.05, 4.69) is 180 Å². The normalized spacial score (nSPS) is 11.9. The summed E-state index contributed by atoms with van der Waals surface area (Å²) in [6.45, 7) is 0. The fraction of sp³-hybridized carbons (Fsp3) is 0. The highest BCUT2D eigenvalue weighted by molar-refractivity contribution is 6.36. The van der Waals surface area contributed by atoms with Crippen LogP contribution in [0.5, 0.6) is 0 Å². The second kappa shape index (κ2) is 10.8. The highest BCUT2D eigenvalue weighted by atomic mass is 15.2. The molecule has 0 unspecified atom stereocenters. The minimum absolute atomic E-state index is 0.652. The van der Waals surface area contributed by atoms with Crippen LogP contribution in [-0.4, -0.2) is 14.5 Å². The standard InChI is InChI=1S/C48H29N3/c1-2-15-31(16-3-1)42-29-43(41-28-32-17-5-6-18-33(32)35-20-8-9-21-36(35)41)50-48(49-42)51-44-25-13-12-24-40(44)46-45-34-19-7-4-14-30(34)26-27-38(45)37-22-10-11-23-39(37)47(46)51/h1-29H. The maximum absolute atomic E-state index is 5.53. The van der Waals surface area contributed by atoms with Crippen molar-refractivity contribution in [1.82, 2.24) is 14.5 Å². The molecular weight excluding hydrogens is 619 g/mol. The molecule has 3 nitrogen and oxygen atoms in total. The van der Waals surface area contributed by atoms with E-state index in [1.54, 1.807) is 0 Å². The van der Waals surface area contributed by atoms with Gasteiger partial charge in [-0.15, -0.1) is 0 Å². The molecule has 3 heteroatoms. The second-order valence-electron chi connectivity index (χ2n) is 13.3. The number of benzene rings is 9. The fourth-order valence-electron chi connectivity index (χ4n) is 8.34. The molecule has 2 heterocycles. The van der Waals surface area contributed by atoms with Gasteiger partial charge in [-0.1, -0.05) is 158 Å². The van der Waals surface area contributed by atoms with Gasteiger partial charge >= 0.3 is 0 Å². The Balaban J connectivity index is 1.33. The third kappa shape index (κ3) is 4.12. The summed E-state index contributed by atoms with van der Waals surface area (Å²) in [4.78, 5) is 10.9. The van der Waals surface area contributed by atoms with Crippen LogP contribution < -0.4 is 0 Å². The van der Waals surface area contributed by atoms with Crippen molar-refractivity contribution in [3.05, 3.63) is 176 Å². The summed E-state index contributed by atoms with van der Waals surface area (Å²) in [7, 11) is 0. The number of para-hydroxylation sites is 1. The Morgan fingerprint density at radius 3 is 1.75 bits per heavy atom. The summed E-state index contributed by atoms with van der Waals surface area (Å²) in [5, 5.41) is 14.6. The van der Waals surface area contributed by atoms with E-state index in [9.17, 15) is 0 Å². The summed E-state index contributed by atoms with van der Waals surface area (Å²) >= 11 is 0. The van der Waals surface area contributed by atoms with Gasteiger partial charge < -0.3 is 0 Å². The van der Waals surface area contributed by atoms with Crippen LogP contribution in [0.4, 0.5) is 0 Å². The average molecular weight is 648 g/mol. The Labute approximate surface area is 293 Å². The number of fused-ring (bicyclic) bond motifs is 13. The van der Waals surface area contributed by atoms with Gasteiger partial charge in [-0.05, 0) is 61.3 Å². The monoisotopic (exact) mass is 647 g/mol. The molecule has 0 aliphatic carbocycles. The lowest BCUT2D eigenvalue weighted by atomic mass is 9.93. The van der Waals surface area contributed by atoms with Crippen molar-refractivity contribution in [3.63, 3.8) is 0 Å². The first kappa shape index (κ1) is 28.0. The largest absolute Gasteiger partial charge is 0.277 e. The van der Waals surface area contributed by atoms with Crippen LogP contribution in [0.3, 0.4) is 0 Å². The van der Waals surface area contributed by atoms with Crippen LogP contribution in [0.25, 0.3) is 104 Å². The van der Waals surface area contributed by atoms with Crippen molar-refractivity contribution in [2.75, 3.05) is 0 Å². The Morgan fingerprint density at radius 2 is 0.941 bits per heavy atom. The molecule has 11 rings (SSSR count). The number of hydrogen-bond donors (Lipinski definition) is 0. The smallest absolute Gasteiger partial charge is 0.235 e.